The van der Waals surface area contributed by atoms with Gasteiger partial charge in [0.1, 0.15) is 5.75 Å². The molecule has 1 atom stereocenters. The first-order valence-corrected chi connectivity index (χ1v) is 6.72. The third-order valence-electron chi connectivity index (χ3n) is 3.56. The van der Waals surface area contributed by atoms with Crippen molar-refractivity contribution in [1.82, 2.24) is 4.90 Å². The summed E-state index contributed by atoms with van der Waals surface area (Å²) in [7, 11) is 1.62. The predicted octanol–water partition coefficient (Wildman–Crippen LogP) is 1.99. The molecule has 0 bridgehead atoms. The molecule has 1 saturated heterocycles. The average molecular weight is 263 g/mol. The smallest absolute Gasteiger partial charge is 0.179 e. The second kappa shape index (κ2) is 6.68. The molecule has 0 aliphatic carbocycles. The van der Waals surface area contributed by atoms with Crippen molar-refractivity contribution in [3.8, 4) is 5.75 Å². The molecule has 1 unspecified atom stereocenters. The van der Waals surface area contributed by atoms with Gasteiger partial charge in [-0.3, -0.25) is 9.69 Å². The number of methoxy groups -OCH3 is 1. The van der Waals surface area contributed by atoms with Crippen LogP contribution in [-0.4, -0.2) is 50.1 Å². The number of benzene rings is 1. The van der Waals surface area contributed by atoms with Crippen LogP contribution in [0.2, 0.25) is 0 Å². The molecule has 1 aliphatic rings. The van der Waals surface area contributed by atoms with Crippen molar-refractivity contribution in [3.05, 3.63) is 29.8 Å². The third-order valence-corrected chi connectivity index (χ3v) is 3.56. The van der Waals surface area contributed by atoms with Crippen LogP contribution < -0.4 is 4.74 Å². The van der Waals surface area contributed by atoms with Gasteiger partial charge in [-0.1, -0.05) is 0 Å². The van der Waals surface area contributed by atoms with Crippen LogP contribution in [0, 0.1) is 0 Å². The Kier molecular flexibility index (Phi) is 4.93. The number of ketones is 1. The monoisotopic (exact) mass is 263 g/mol. The van der Waals surface area contributed by atoms with Crippen molar-refractivity contribution < 1.29 is 14.3 Å². The van der Waals surface area contributed by atoms with Crippen molar-refractivity contribution in [2.75, 3.05) is 33.4 Å². The lowest BCUT2D eigenvalue weighted by molar-refractivity contribution is 0.0824. The minimum atomic E-state index is -0.102. The zero-order valence-electron chi connectivity index (χ0n) is 11.6. The second-order valence-electron chi connectivity index (χ2n) is 4.77. The summed E-state index contributed by atoms with van der Waals surface area (Å²) in [6.45, 7) is 5.21. The van der Waals surface area contributed by atoms with Gasteiger partial charge < -0.3 is 9.47 Å². The maximum atomic E-state index is 12.4. The Balaban J connectivity index is 2.04. The lowest BCUT2D eigenvalue weighted by Crippen LogP contribution is -2.40. The van der Waals surface area contributed by atoms with Gasteiger partial charge in [-0.2, -0.15) is 0 Å². The van der Waals surface area contributed by atoms with Gasteiger partial charge in [-0.05, 0) is 37.6 Å². The molecule has 2 rings (SSSR count). The normalized spacial score (nSPS) is 18.6. The Labute approximate surface area is 114 Å². The fraction of sp³-hybridized carbons (Fsp3) is 0.533. The standard InChI is InChI=1S/C15H21NO3/c1-12(16-8-3-10-19-11-9-16)15(17)13-4-6-14(18-2)7-5-13/h4-7,12H,3,8-11H2,1-2H3. The van der Waals surface area contributed by atoms with Crippen molar-refractivity contribution >= 4 is 5.78 Å². The van der Waals surface area contributed by atoms with Gasteiger partial charge in [0.05, 0.1) is 19.8 Å². The minimum absolute atomic E-state index is 0.102. The van der Waals surface area contributed by atoms with E-state index in [0.29, 0.717) is 6.61 Å². The molecule has 1 aromatic carbocycles. The van der Waals surface area contributed by atoms with Crippen LogP contribution in [0.3, 0.4) is 0 Å². The zero-order chi connectivity index (χ0) is 13.7. The number of hydrogen-bond acceptors (Lipinski definition) is 4. The number of Topliss-reactive ketones (excluding diaryl/α,β-unsaturated/α-hetero) is 1. The van der Waals surface area contributed by atoms with Gasteiger partial charge in [-0.15, -0.1) is 0 Å². The summed E-state index contributed by atoms with van der Waals surface area (Å²) in [6, 6.07) is 7.20. The molecule has 0 N–H and O–H groups in total. The molecule has 104 valence electrons. The summed E-state index contributed by atoms with van der Waals surface area (Å²) < 4.78 is 10.5. The van der Waals surface area contributed by atoms with Crippen LogP contribution in [0.15, 0.2) is 24.3 Å². The highest BCUT2D eigenvalue weighted by Crippen LogP contribution is 2.15. The largest absolute Gasteiger partial charge is 0.497 e. The van der Waals surface area contributed by atoms with Crippen LogP contribution >= 0.6 is 0 Å². The molecule has 0 amide bonds. The SMILES string of the molecule is COc1ccc(C(=O)C(C)N2CCCOCC2)cc1. The van der Waals surface area contributed by atoms with Crippen molar-refractivity contribution in [2.24, 2.45) is 0 Å². The fourth-order valence-corrected chi connectivity index (χ4v) is 2.31. The summed E-state index contributed by atoms with van der Waals surface area (Å²) in [5.41, 5.74) is 0.735. The quantitative estimate of drug-likeness (QED) is 0.779. The van der Waals surface area contributed by atoms with E-state index >= 15 is 0 Å². The topological polar surface area (TPSA) is 38.8 Å². The lowest BCUT2D eigenvalue weighted by atomic mass is 10.0. The summed E-state index contributed by atoms with van der Waals surface area (Å²) in [5.74, 6) is 0.928. The number of hydrogen-bond donors (Lipinski definition) is 0. The maximum absolute atomic E-state index is 12.4. The van der Waals surface area contributed by atoms with Gasteiger partial charge in [-0.25, -0.2) is 0 Å². The Bertz CT molecular complexity index is 408. The molecule has 1 heterocycles. The molecule has 0 radical (unpaired) electrons. The van der Waals surface area contributed by atoms with Crippen LogP contribution in [0.25, 0.3) is 0 Å². The van der Waals surface area contributed by atoms with Gasteiger partial charge >= 0.3 is 0 Å². The minimum Gasteiger partial charge on any atom is -0.497 e. The fourth-order valence-electron chi connectivity index (χ4n) is 2.31. The van der Waals surface area contributed by atoms with Crippen LogP contribution in [0.4, 0.5) is 0 Å². The highest BCUT2D eigenvalue weighted by Gasteiger charge is 2.23. The van der Waals surface area contributed by atoms with E-state index < -0.39 is 0 Å². The van der Waals surface area contributed by atoms with E-state index in [1.165, 1.54) is 0 Å². The molecule has 0 aromatic heterocycles. The maximum Gasteiger partial charge on any atom is 0.179 e. The molecule has 4 heteroatoms. The zero-order valence-corrected chi connectivity index (χ0v) is 11.6. The Morgan fingerprint density at radius 2 is 2.00 bits per heavy atom. The second-order valence-corrected chi connectivity index (χ2v) is 4.77. The van der Waals surface area contributed by atoms with E-state index in [2.05, 4.69) is 4.90 Å². The van der Waals surface area contributed by atoms with E-state index in [-0.39, 0.29) is 11.8 Å². The summed E-state index contributed by atoms with van der Waals surface area (Å²) >= 11 is 0. The number of rotatable bonds is 4. The average Bonchev–Trinajstić information content (AvgIpc) is 2.75. The molecule has 1 fully saturated rings. The first-order chi connectivity index (χ1) is 9.22. The van der Waals surface area contributed by atoms with E-state index in [9.17, 15) is 4.79 Å². The lowest BCUT2D eigenvalue weighted by Gasteiger charge is -2.25. The number of nitrogens with zero attached hydrogens (tertiary/aromatic N) is 1. The first-order valence-electron chi connectivity index (χ1n) is 6.72. The highest BCUT2D eigenvalue weighted by molar-refractivity contribution is 5.99. The molecular weight excluding hydrogens is 242 g/mol. The first kappa shape index (κ1) is 14.0. The Morgan fingerprint density at radius 1 is 1.26 bits per heavy atom. The molecular formula is C15H21NO3. The Morgan fingerprint density at radius 3 is 2.68 bits per heavy atom. The van der Waals surface area contributed by atoms with Crippen LogP contribution in [-0.2, 0) is 4.74 Å². The molecule has 1 aliphatic heterocycles. The van der Waals surface area contributed by atoms with Crippen molar-refractivity contribution in [3.63, 3.8) is 0 Å². The number of carbonyl (C=O) groups excluding carboxylic acids is 1. The number of ether oxygens (including phenoxy) is 2. The highest BCUT2D eigenvalue weighted by atomic mass is 16.5. The molecule has 19 heavy (non-hydrogen) atoms. The van der Waals surface area contributed by atoms with E-state index in [0.717, 1.165) is 37.4 Å². The third kappa shape index (κ3) is 3.55. The molecule has 0 saturated carbocycles. The van der Waals surface area contributed by atoms with E-state index in [1.54, 1.807) is 7.11 Å². The van der Waals surface area contributed by atoms with E-state index in [4.69, 9.17) is 9.47 Å². The van der Waals surface area contributed by atoms with E-state index in [1.807, 2.05) is 31.2 Å². The van der Waals surface area contributed by atoms with Crippen molar-refractivity contribution in [2.45, 2.75) is 19.4 Å². The van der Waals surface area contributed by atoms with Gasteiger partial charge in [0.2, 0.25) is 0 Å². The van der Waals surface area contributed by atoms with Crippen LogP contribution in [0.1, 0.15) is 23.7 Å². The Hall–Kier alpha value is -1.39. The van der Waals surface area contributed by atoms with Gasteiger partial charge in [0, 0.05) is 25.3 Å². The van der Waals surface area contributed by atoms with Crippen molar-refractivity contribution in [1.29, 1.82) is 0 Å². The van der Waals surface area contributed by atoms with Gasteiger partial charge in [0.25, 0.3) is 0 Å². The summed E-state index contributed by atoms with van der Waals surface area (Å²) in [6.07, 6.45) is 0.986. The predicted molar refractivity (Wildman–Crippen MR) is 73.8 cm³/mol. The van der Waals surface area contributed by atoms with Gasteiger partial charge in [0.15, 0.2) is 5.78 Å². The van der Waals surface area contributed by atoms with Crippen LogP contribution in [0.5, 0.6) is 5.75 Å². The molecule has 4 nitrogen and oxygen atoms in total. The summed E-state index contributed by atoms with van der Waals surface area (Å²) in [4.78, 5) is 14.6. The summed E-state index contributed by atoms with van der Waals surface area (Å²) in [5, 5.41) is 0. The number of carbonyl (C=O) groups is 1. The molecule has 1 aromatic rings. The molecule has 0 spiro atoms.